The number of likely N-dealkylation sites (N-methyl/N-ethyl adjacent to an activating group) is 1. The van der Waals surface area contributed by atoms with Gasteiger partial charge in [-0.3, -0.25) is 0 Å². The summed E-state index contributed by atoms with van der Waals surface area (Å²) in [5, 5.41) is 3.08. The second kappa shape index (κ2) is 6.96. The summed E-state index contributed by atoms with van der Waals surface area (Å²) in [6, 6.07) is 7.45. The van der Waals surface area contributed by atoms with E-state index in [4.69, 9.17) is 11.6 Å². The Morgan fingerprint density at radius 1 is 1.14 bits per heavy atom. The van der Waals surface area contributed by atoms with Gasteiger partial charge in [0.05, 0.1) is 5.02 Å². The molecule has 21 heavy (non-hydrogen) atoms. The van der Waals surface area contributed by atoms with Gasteiger partial charge in [-0.1, -0.05) is 30.7 Å². The maximum absolute atomic E-state index is 14.1. The van der Waals surface area contributed by atoms with Gasteiger partial charge in [0.2, 0.25) is 0 Å². The van der Waals surface area contributed by atoms with Crippen LogP contribution in [0.3, 0.4) is 0 Å². The summed E-state index contributed by atoms with van der Waals surface area (Å²) in [5.41, 5.74) is 0.535. The quantitative estimate of drug-likeness (QED) is 0.847. The minimum Gasteiger partial charge on any atom is -0.310 e. The number of halogens is 4. The highest BCUT2D eigenvalue weighted by Gasteiger charge is 2.19. The van der Waals surface area contributed by atoms with Gasteiger partial charge in [0, 0.05) is 11.6 Å². The lowest BCUT2D eigenvalue weighted by molar-refractivity contribution is 0.495. The molecule has 0 radical (unpaired) electrons. The highest BCUT2D eigenvalue weighted by Crippen LogP contribution is 2.27. The van der Waals surface area contributed by atoms with E-state index in [9.17, 15) is 13.2 Å². The summed E-state index contributed by atoms with van der Waals surface area (Å²) in [6.07, 6.45) is 0.134. The molecule has 112 valence electrons. The minimum atomic E-state index is -0.540. The predicted molar refractivity (Wildman–Crippen MR) is 77.9 cm³/mol. The second-order valence-electron chi connectivity index (χ2n) is 4.69. The smallest absolute Gasteiger partial charge is 0.146 e. The molecule has 0 amide bonds. The van der Waals surface area contributed by atoms with Crippen molar-refractivity contribution in [1.29, 1.82) is 0 Å². The van der Waals surface area contributed by atoms with Crippen LogP contribution in [0.15, 0.2) is 36.4 Å². The zero-order valence-corrected chi connectivity index (χ0v) is 12.2. The SMILES string of the molecule is CCNC(Cc1cc(F)ccc1F)c1cccc(Cl)c1F. The Labute approximate surface area is 126 Å². The third kappa shape index (κ3) is 3.77. The van der Waals surface area contributed by atoms with Crippen LogP contribution in [-0.2, 0) is 6.42 Å². The standard InChI is InChI=1S/C16H15ClF3N/c1-2-21-15(12-4-3-5-13(17)16(12)20)9-10-8-11(18)6-7-14(10)19/h3-8,15,21H,2,9H2,1H3. The van der Waals surface area contributed by atoms with E-state index in [0.717, 1.165) is 18.2 Å². The van der Waals surface area contributed by atoms with E-state index < -0.39 is 23.5 Å². The van der Waals surface area contributed by atoms with Crippen molar-refractivity contribution >= 4 is 11.6 Å². The molecule has 0 spiro atoms. The van der Waals surface area contributed by atoms with Crippen LogP contribution in [-0.4, -0.2) is 6.54 Å². The van der Waals surface area contributed by atoms with Crippen LogP contribution < -0.4 is 5.32 Å². The van der Waals surface area contributed by atoms with Crippen molar-refractivity contribution in [3.63, 3.8) is 0 Å². The third-order valence-corrected chi connectivity index (χ3v) is 3.53. The van der Waals surface area contributed by atoms with E-state index in [0.29, 0.717) is 12.1 Å². The molecule has 1 atom stereocenters. The Hall–Kier alpha value is -1.52. The van der Waals surface area contributed by atoms with E-state index in [1.54, 1.807) is 12.1 Å². The van der Waals surface area contributed by atoms with Crippen LogP contribution in [0.1, 0.15) is 24.1 Å². The second-order valence-corrected chi connectivity index (χ2v) is 5.10. The molecule has 0 saturated carbocycles. The molecule has 0 aliphatic heterocycles. The van der Waals surface area contributed by atoms with Crippen LogP contribution in [0.25, 0.3) is 0 Å². The fourth-order valence-electron chi connectivity index (χ4n) is 2.25. The summed E-state index contributed by atoms with van der Waals surface area (Å²) in [4.78, 5) is 0. The fraction of sp³-hybridized carbons (Fsp3) is 0.250. The average Bonchev–Trinajstić information content (AvgIpc) is 2.45. The number of hydrogen-bond donors (Lipinski definition) is 1. The van der Waals surface area contributed by atoms with Crippen molar-refractivity contribution < 1.29 is 13.2 Å². The monoisotopic (exact) mass is 313 g/mol. The molecule has 0 heterocycles. The van der Waals surface area contributed by atoms with Gasteiger partial charge in [0.25, 0.3) is 0 Å². The van der Waals surface area contributed by atoms with E-state index in [-0.39, 0.29) is 17.0 Å². The third-order valence-electron chi connectivity index (χ3n) is 3.24. The first kappa shape index (κ1) is 15.9. The Balaban J connectivity index is 2.35. The normalized spacial score (nSPS) is 12.4. The van der Waals surface area contributed by atoms with Gasteiger partial charge in [0.1, 0.15) is 17.5 Å². The Kier molecular flexibility index (Phi) is 5.26. The molecule has 2 aromatic carbocycles. The molecule has 0 aromatic heterocycles. The minimum absolute atomic E-state index is 0.00937. The van der Waals surface area contributed by atoms with E-state index in [1.807, 2.05) is 6.92 Å². The molecule has 1 unspecified atom stereocenters. The number of hydrogen-bond acceptors (Lipinski definition) is 1. The van der Waals surface area contributed by atoms with Crippen molar-refractivity contribution in [2.75, 3.05) is 6.54 Å². The molecule has 0 fully saturated rings. The van der Waals surface area contributed by atoms with Gasteiger partial charge in [-0.15, -0.1) is 0 Å². The lowest BCUT2D eigenvalue weighted by atomic mass is 9.98. The van der Waals surface area contributed by atoms with E-state index in [2.05, 4.69) is 5.32 Å². The van der Waals surface area contributed by atoms with E-state index in [1.165, 1.54) is 6.07 Å². The number of benzene rings is 2. The maximum atomic E-state index is 14.1. The first-order valence-electron chi connectivity index (χ1n) is 6.64. The molecule has 0 aliphatic carbocycles. The molecule has 2 rings (SSSR count). The Morgan fingerprint density at radius 2 is 1.90 bits per heavy atom. The van der Waals surface area contributed by atoms with Crippen molar-refractivity contribution in [3.8, 4) is 0 Å². The van der Waals surface area contributed by atoms with Crippen LogP contribution in [0.4, 0.5) is 13.2 Å². The summed E-state index contributed by atoms with van der Waals surface area (Å²) in [6.45, 7) is 2.42. The van der Waals surface area contributed by atoms with Crippen molar-refractivity contribution in [3.05, 3.63) is 70.0 Å². The molecule has 0 bridgehead atoms. The van der Waals surface area contributed by atoms with Gasteiger partial charge in [-0.05, 0) is 42.8 Å². The molecule has 0 saturated heterocycles. The lowest BCUT2D eigenvalue weighted by Crippen LogP contribution is -2.24. The Morgan fingerprint density at radius 3 is 2.62 bits per heavy atom. The predicted octanol–water partition coefficient (Wildman–Crippen LogP) is 4.65. The molecule has 1 nitrogen and oxygen atoms in total. The summed E-state index contributed by atoms with van der Waals surface area (Å²) >= 11 is 5.78. The molecule has 5 heteroatoms. The van der Waals surface area contributed by atoms with Gasteiger partial charge in [-0.25, -0.2) is 13.2 Å². The Bertz CT molecular complexity index is 631. The van der Waals surface area contributed by atoms with Gasteiger partial charge < -0.3 is 5.32 Å². The zero-order valence-electron chi connectivity index (χ0n) is 11.5. The highest BCUT2D eigenvalue weighted by atomic mass is 35.5. The first-order chi connectivity index (χ1) is 10.0. The number of rotatable bonds is 5. The summed E-state index contributed by atoms with van der Waals surface area (Å²) in [7, 11) is 0. The molecular formula is C16H15ClF3N. The summed E-state index contributed by atoms with van der Waals surface area (Å²) < 4.78 is 41.1. The molecule has 2 aromatic rings. The number of nitrogens with one attached hydrogen (secondary N) is 1. The lowest BCUT2D eigenvalue weighted by Gasteiger charge is -2.20. The zero-order chi connectivity index (χ0) is 15.4. The summed E-state index contributed by atoms with van der Waals surface area (Å²) in [5.74, 6) is -1.57. The van der Waals surface area contributed by atoms with Crippen molar-refractivity contribution in [2.24, 2.45) is 0 Å². The largest absolute Gasteiger partial charge is 0.310 e. The van der Waals surface area contributed by atoms with E-state index >= 15 is 0 Å². The van der Waals surface area contributed by atoms with Crippen LogP contribution in [0.2, 0.25) is 5.02 Å². The molecule has 0 aliphatic rings. The van der Waals surface area contributed by atoms with Gasteiger partial charge in [0.15, 0.2) is 0 Å². The van der Waals surface area contributed by atoms with Crippen LogP contribution in [0.5, 0.6) is 0 Å². The first-order valence-corrected chi connectivity index (χ1v) is 7.02. The highest BCUT2D eigenvalue weighted by molar-refractivity contribution is 6.30. The maximum Gasteiger partial charge on any atom is 0.146 e. The van der Waals surface area contributed by atoms with Crippen LogP contribution in [0, 0.1) is 17.5 Å². The molecular weight excluding hydrogens is 299 g/mol. The molecule has 1 N–H and O–H groups in total. The van der Waals surface area contributed by atoms with Crippen LogP contribution >= 0.6 is 11.6 Å². The van der Waals surface area contributed by atoms with Gasteiger partial charge in [-0.2, -0.15) is 0 Å². The fourth-order valence-corrected chi connectivity index (χ4v) is 2.43. The van der Waals surface area contributed by atoms with Crippen molar-refractivity contribution in [2.45, 2.75) is 19.4 Å². The topological polar surface area (TPSA) is 12.0 Å². The van der Waals surface area contributed by atoms with Gasteiger partial charge >= 0.3 is 0 Å². The average molecular weight is 314 g/mol. The van der Waals surface area contributed by atoms with Crippen molar-refractivity contribution in [1.82, 2.24) is 5.32 Å².